The van der Waals surface area contributed by atoms with E-state index in [0.29, 0.717) is 18.0 Å². The number of carboxylic acid groups (broad SMARTS) is 1. The first-order valence-electron chi connectivity index (χ1n) is 8.02. The van der Waals surface area contributed by atoms with Crippen LogP contribution in [0.25, 0.3) is 22.3 Å². The molecule has 1 aliphatic heterocycles. The molecule has 0 saturated carbocycles. The maximum absolute atomic E-state index is 12.1. The van der Waals surface area contributed by atoms with Crippen LogP contribution in [0.5, 0.6) is 5.75 Å². The van der Waals surface area contributed by atoms with Crippen LogP contribution in [0.1, 0.15) is 12.6 Å². The summed E-state index contributed by atoms with van der Waals surface area (Å²) >= 11 is 1.47. The number of aliphatic carboxylic acids is 1. The van der Waals surface area contributed by atoms with E-state index < -0.39 is 5.97 Å². The standard InChI is InChI=1S/C18H15N3O4S/c1-2-20-13-7-11(3-5-15(13)25-9-16(20)22)14-10-26-18-19-8-12(21(14)18)4-6-17(23)24/h3-8,10H,2,9H2,1H3,(H,23,24)/b6-4+. The normalized spacial score (nSPS) is 14.0. The van der Waals surface area contributed by atoms with Gasteiger partial charge < -0.3 is 14.7 Å². The van der Waals surface area contributed by atoms with Crippen LogP contribution in [-0.4, -0.2) is 39.5 Å². The number of carbonyl (C=O) groups is 2. The van der Waals surface area contributed by atoms with Crippen molar-refractivity contribution in [2.24, 2.45) is 0 Å². The Hall–Kier alpha value is -3.13. The number of hydrogen-bond donors (Lipinski definition) is 1. The lowest BCUT2D eigenvalue weighted by atomic mass is 10.1. The van der Waals surface area contributed by atoms with Crippen LogP contribution >= 0.6 is 11.3 Å². The van der Waals surface area contributed by atoms with Crippen molar-refractivity contribution in [1.82, 2.24) is 9.38 Å². The third-order valence-corrected chi connectivity index (χ3v) is 5.02. The maximum Gasteiger partial charge on any atom is 0.328 e. The Morgan fingerprint density at radius 1 is 1.46 bits per heavy atom. The van der Waals surface area contributed by atoms with E-state index in [1.54, 1.807) is 11.1 Å². The molecule has 1 aliphatic rings. The van der Waals surface area contributed by atoms with E-state index in [2.05, 4.69) is 4.98 Å². The zero-order chi connectivity index (χ0) is 18.3. The Morgan fingerprint density at radius 2 is 2.31 bits per heavy atom. The minimum atomic E-state index is -1.01. The first-order chi connectivity index (χ1) is 12.6. The van der Waals surface area contributed by atoms with Gasteiger partial charge in [0.2, 0.25) is 0 Å². The Kier molecular flexibility index (Phi) is 3.96. The van der Waals surface area contributed by atoms with Crippen molar-refractivity contribution in [2.75, 3.05) is 18.1 Å². The number of hydrogen-bond acceptors (Lipinski definition) is 5. The predicted molar refractivity (Wildman–Crippen MR) is 98.7 cm³/mol. The Bertz CT molecular complexity index is 1050. The second-order valence-corrected chi connectivity index (χ2v) is 6.54. The second kappa shape index (κ2) is 6.30. The molecule has 3 aromatic rings. The SMILES string of the molecule is CCN1C(=O)COc2ccc(-c3csc4ncc(/C=C/C(=O)O)n34)cc21. The van der Waals surface area contributed by atoms with Gasteiger partial charge in [-0.2, -0.15) is 0 Å². The van der Waals surface area contributed by atoms with Gasteiger partial charge in [-0.1, -0.05) is 0 Å². The molecule has 26 heavy (non-hydrogen) atoms. The third kappa shape index (κ3) is 2.64. The molecule has 0 atom stereocenters. The fourth-order valence-corrected chi connectivity index (χ4v) is 3.89. The van der Waals surface area contributed by atoms with Crippen LogP contribution in [0.2, 0.25) is 0 Å². The average Bonchev–Trinajstić information content (AvgIpc) is 3.21. The highest BCUT2D eigenvalue weighted by molar-refractivity contribution is 7.15. The number of carboxylic acids is 1. The second-order valence-electron chi connectivity index (χ2n) is 5.70. The van der Waals surface area contributed by atoms with Gasteiger partial charge in [-0.3, -0.25) is 9.20 Å². The highest BCUT2D eigenvalue weighted by Crippen LogP contribution is 2.37. The van der Waals surface area contributed by atoms with Crippen LogP contribution in [-0.2, 0) is 9.59 Å². The highest BCUT2D eigenvalue weighted by atomic mass is 32.1. The van der Waals surface area contributed by atoms with Crippen LogP contribution in [0.4, 0.5) is 5.69 Å². The molecule has 0 fully saturated rings. The molecule has 2 aromatic heterocycles. The van der Waals surface area contributed by atoms with Crippen LogP contribution < -0.4 is 9.64 Å². The Balaban J connectivity index is 1.84. The van der Waals surface area contributed by atoms with E-state index in [9.17, 15) is 9.59 Å². The lowest BCUT2D eigenvalue weighted by molar-refractivity contribution is -0.131. The largest absolute Gasteiger partial charge is 0.482 e. The number of anilines is 1. The Morgan fingerprint density at radius 3 is 3.08 bits per heavy atom. The summed E-state index contributed by atoms with van der Waals surface area (Å²) < 4.78 is 7.41. The van der Waals surface area contributed by atoms with Gasteiger partial charge >= 0.3 is 5.97 Å². The summed E-state index contributed by atoms with van der Waals surface area (Å²) in [7, 11) is 0. The molecule has 0 bridgehead atoms. The predicted octanol–water partition coefficient (Wildman–Crippen LogP) is 2.91. The average molecular weight is 369 g/mol. The van der Waals surface area contributed by atoms with Crippen molar-refractivity contribution in [3.8, 4) is 17.0 Å². The molecule has 0 unspecified atom stereocenters. The number of imidazole rings is 1. The van der Waals surface area contributed by atoms with Crippen LogP contribution in [0.15, 0.2) is 35.9 Å². The molecule has 0 saturated heterocycles. The first-order valence-corrected chi connectivity index (χ1v) is 8.90. The number of fused-ring (bicyclic) bond motifs is 2. The van der Waals surface area contributed by atoms with Crippen LogP contribution in [0.3, 0.4) is 0 Å². The van der Waals surface area contributed by atoms with E-state index in [-0.39, 0.29) is 12.5 Å². The summed E-state index contributed by atoms with van der Waals surface area (Å²) in [4.78, 5) is 29.7. The fourth-order valence-electron chi connectivity index (χ4n) is 3.01. The fraction of sp³-hybridized carbons (Fsp3) is 0.167. The minimum Gasteiger partial charge on any atom is -0.482 e. The number of carbonyl (C=O) groups excluding carboxylic acids is 1. The van der Waals surface area contributed by atoms with Gasteiger partial charge in [0.15, 0.2) is 11.6 Å². The zero-order valence-corrected chi connectivity index (χ0v) is 14.7. The van der Waals surface area contributed by atoms with Gasteiger partial charge in [-0.15, -0.1) is 11.3 Å². The van der Waals surface area contributed by atoms with Crippen molar-refractivity contribution in [3.05, 3.63) is 41.5 Å². The third-order valence-electron chi connectivity index (χ3n) is 4.18. The molecular formula is C18H15N3O4S. The van der Waals surface area contributed by atoms with E-state index >= 15 is 0 Å². The summed E-state index contributed by atoms with van der Waals surface area (Å²) in [6.07, 6.45) is 4.24. The molecule has 3 heterocycles. The summed E-state index contributed by atoms with van der Waals surface area (Å²) in [6.45, 7) is 2.54. The van der Waals surface area contributed by atoms with Crippen molar-refractivity contribution in [2.45, 2.75) is 6.92 Å². The van der Waals surface area contributed by atoms with Crippen LogP contribution in [0, 0.1) is 0 Å². The van der Waals surface area contributed by atoms with E-state index in [1.165, 1.54) is 17.4 Å². The Labute approximate surface area is 152 Å². The zero-order valence-electron chi connectivity index (χ0n) is 13.9. The van der Waals surface area contributed by atoms with Gasteiger partial charge in [0.25, 0.3) is 5.91 Å². The number of aromatic nitrogens is 2. The van der Waals surface area contributed by atoms with E-state index in [0.717, 1.165) is 28.0 Å². The van der Waals surface area contributed by atoms with E-state index in [4.69, 9.17) is 9.84 Å². The van der Waals surface area contributed by atoms with Gasteiger partial charge in [0, 0.05) is 23.6 Å². The van der Waals surface area contributed by atoms with Gasteiger partial charge in [0.05, 0.1) is 23.3 Å². The molecule has 7 nitrogen and oxygen atoms in total. The first kappa shape index (κ1) is 16.3. The molecular weight excluding hydrogens is 354 g/mol. The molecule has 0 spiro atoms. The molecule has 0 radical (unpaired) electrons. The van der Waals surface area contributed by atoms with Crippen molar-refractivity contribution < 1.29 is 19.4 Å². The smallest absolute Gasteiger partial charge is 0.328 e. The van der Waals surface area contributed by atoms with Crippen molar-refractivity contribution >= 4 is 39.9 Å². The molecule has 4 rings (SSSR count). The monoisotopic (exact) mass is 369 g/mol. The minimum absolute atomic E-state index is 0.0501. The lowest BCUT2D eigenvalue weighted by Crippen LogP contribution is -2.38. The molecule has 132 valence electrons. The quantitative estimate of drug-likeness (QED) is 0.715. The van der Waals surface area contributed by atoms with Crippen molar-refractivity contribution in [1.29, 1.82) is 0 Å². The summed E-state index contributed by atoms with van der Waals surface area (Å²) in [5, 5.41) is 10.8. The van der Waals surface area contributed by atoms with E-state index in [1.807, 2.05) is 34.9 Å². The van der Waals surface area contributed by atoms with Crippen molar-refractivity contribution in [3.63, 3.8) is 0 Å². The number of amides is 1. The highest BCUT2D eigenvalue weighted by Gasteiger charge is 2.25. The number of rotatable bonds is 4. The maximum atomic E-state index is 12.1. The summed E-state index contributed by atoms with van der Waals surface area (Å²) in [5.41, 5.74) is 3.19. The molecule has 0 aliphatic carbocycles. The van der Waals surface area contributed by atoms with Gasteiger partial charge in [-0.25, -0.2) is 9.78 Å². The number of thiazole rings is 1. The van der Waals surface area contributed by atoms with Gasteiger partial charge in [-0.05, 0) is 31.2 Å². The summed E-state index contributed by atoms with van der Waals surface area (Å²) in [5.74, 6) is -0.404. The summed E-state index contributed by atoms with van der Waals surface area (Å²) in [6, 6.07) is 5.70. The number of nitrogens with zero attached hydrogens (tertiary/aromatic N) is 3. The lowest BCUT2D eigenvalue weighted by Gasteiger charge is -2.28. The number of benzene rings is 1. The molecule has 8 heteroatoms. The topological polar surface area (TPSA) is 84.1 Å². The number of likely N-dealkylation sites (N-methyl/N-ethyl adjacent to an activating group) is 1. The molecule has 1 N–H and O–H groups in total. The molecule has 1 aromatic carbocycles. The number of ether oxygens (including phenoxy) is 1. The van der Waals surface area contributed by atoms with Gasteiger partial charge in [0.1, 0.15) is 5.75 Å². The molecule has 1 amide bonds.